The summed E-state index contributed by atoms with van der Waals surface area (Å²) in [6, 6.07) is 15.4. The largest absolute Gasteiger partial charge is 1.00 e. The van der Waals surface area contributed by atoms with Crippen molar-refractivity contribution in [1.29, 1.82) is 0 Å². The van der Waals surface area contributed by atoms with Crippen LogP contribution in [0.15, 0.2) is 42.5 Å². The third-order valence-corrected chi connectivity index (χ3v) is 3.84. The van der Waals surface area contributed by atoms with Gasteiger partial charge in [-0.1, -0.05) is 36.4 Å². The zero-order chi connectivity index (χ0) is 18.0. The third kappa shape index (κ3) is 7.55. The Kier molecular flexibility index (Phi) is 9.14. The number of nitrogens with zero attached hydrogens (tertiary/aromatic N) is 2. The smallest absolute Gasteiger partial charge is 0.127 e. The highest BCUT2D eigenvalue weighted by Crippen LogP contribution is 2.31. The summed E-state index contributed by atoms with van der Waals surface area (Å²) in [5.41, 5.74) is 5.00. The van der Waals surface area contributed by atoms with Crippen LogP contribution in [0.5, 0.6) is 5.75 Å². The fraction of sp³-hybridized carbons (Fsp3) is 0.429. The van der Waals surface area contributed by atoms with Crippen molar-refractivity contribution < 1.29 is 38.5 Å². The van der Waals surface area contributed by atoms with E-state index in [1.165, 1.54) is 16.7 Å². The first-order valence-electron chi connectivity index (χ1n) is 8.44. The number of rotatable bonds is 6. The Bertz CT molecular complexity index is 687. The molecule has 0 bridgehead atoms. The van der Waals surface area contributed by atoms with E-state index in [4.69, 9.17) is 4.74 Å². The topological polar surface area (TPSA) is 9.23 Å². The lowest BCUT2D eigenvalue weighted by molar-refractivity contribution is -0.884. The zero-order valence-corrected chi connectivity index (χ0v) is 18.5. The van der Waals surface area contributed by atoms with Crippen LogP contribution in [0, 0.1) is 0 Å². The molecule has 0 amide bonds. The molecule has 0 aliphatic heterocycles. The number of hydrogen-bond acceptors (Lipinski definition) is 1. The molecular formula is C21H32Cl2N2O. The summed E-state index contributed by atoms with van der Waals surface area (Å²) >= 11 is 0. The van der Waals surface area contributed by atoms with Crippen molar-refractivity contribution in [2.24, 2.45) is 0 Å². The molecule has 2 aromatic rings. The van der Waals surface area contributed by atoms with Crippen LogP contribution in [0.2, 0.25) is 0 Å². The van der Waals surface area contributed by atoms with E-state index in [2.05, 4.69) is 84.8 Å². The molecule has 0 aliphatic carbocycles. The predicted octanol–water partition coefficient (Wildman–Crippen LogP) is -2.22. The molecule has 0 fully saturated rings. The molecule has 3 nitrogen and oxygen atoms in total. The molecular weight excluding hydrogens is 367 g/mol. The SMILES string of the molecule is COc1cc(C[N+](C)(C)C)ccc1-c1ccc(C[N+](C)(C)C)cc1.[Cl-].[Cl-]. The Morgan fingerprint density at radius 2 is 1.15 bits per heavy atom. The van der Waals surface area contributed by atoms with Crippen LogP contribution in [0.25, 0.3) is 11.1 Å². The van der Waals surface area contributed by atoms with Crippen LogP contribution in [0.4, 0.5) is 0 Å². The summed E-state index contributed by atoms with van der Waals surface area (Å²) in [7, 11) is 15.0. The molecule has 0 aromatic heterocycles. The van der Waals surface area contributed by atoms with E-state index >= 15 is 0 Å². The fourth-order valence-electron chi connectivity index (χ4n) is 2.96. The van der Waals surface area contributed by atoms with Crippen molar-refractivity contribution in [1.82, 2.24) is 0 Å². The van der Waals surface area contributed by atoms with Crippen LogP contribution in [0.3, 0.4) is 0 Å². The fourth-order valence-corrected chi connectivity index (χ4v) is 2.96. The van der Waals surface area contributed by atoms with Crippen molar-refractivity contribution >= 4 is 0 Å². The first-order valence-corrected chi connectivity index (χ1v) is 8.44. The van der Waals surface area contributed by atoms with Gasteiger partial charge in [0.1, 0.15) is 18.8 Å². The normalized spacial score (nSPS) is 11.3. The van der Waals surface area contributed by atoms with E-state index in [9.17, 15) is 0 Å². The second-order valence-corrected chi connectivity index (χ2v) is 8.63. The molecule has 0 aliphatic rings. The molecule has 146 valence electrons. The van der Waals surface area contributed by atoms with Crippen molar-refractivity contribution in [3.05, 3.63) is 53.6 Å². The molecule has 0 spiro atoms. The maximum absolute atomic E-state index is 5.66. The summed E-state index contributed by atoms with van der Waals surface area (Å²) < 4.78 is 7.49. The van der Waals surface area contributed by atoms with E-state index in [0.29, 0.717) is 0 Å². The molecule has 0 N–H and O–H groups in total. The minimum Gasteiger partial charge on any atom is -1.00 e. The van der Waals surface area contributed by atoms with E-state index < -0.39 is 0 Å². The maximum Gasteiger partial charge on any atom is 0.127 e. The van der Waals surface area contributed by atoms with Crippen molar-refractivity contribution in [3.8, 4) is 16.9 Å². The van der Waals surface area contributed by atoms with Crippen LogP contribution in [-0.4, -0.2) is 58.4 Å². The van der Waals surface area contributed by atoms with Gasteiger partial charge in [0.25, 0.3) is 0 Å². The van der Waals surface area contributed by atoms with E-state index in [1.807, 2.05) is 0 Å². The number of hydrogen-bond donors (Lipinski definition) is 0. The third-order valence-electron chi connectivity index (χ3n) is 3.84. The maximum atomic E-state index is 5.66. The van der Waals surface area contributed by atoms with Gasteiger partial charge in [-0.05, 0) is 11.6 Å². The molecule has 26 heavy (non-hydrogen) atoms. The quantitative estimate of drug-likeness (QED) is 0.501. The number of halogens is 2. The first-order chi connectivity index (χ1) is 11.1. The minimum absolute atomic E-state index is 0. The van der Waals surface area contributed by atoms with Crippen LogP contribution >= 0.6 is 0 Å². The lowest BCUT2D eigenvalue weighted by atomic mass is 10.0. The number of benzene rings is 2. The Morgan fingerprint density at radius 1 is 0.692 bits per heavy atom. The van der Waals surface area contributed by atoms with Gasteiger partial charge < -0.3 is 38.5 Å². The lowest BCUT2D eigenvalue weighted by Crippen LogP contribution is -3.00. The summed E-state index contributed by atoms with van der Waals surface area (Å²) in [5, 5.41) is 0. The summed E-state index contributed by atoms with van der Waals surface area (Å²) in [5.74, 6) is 0.945. The minimum atomic E-state index is 0. The van der Waals surface area contributed by atoms with Gasteiger partial charge in [0, 0.05) is 16.7 Å². The number of quaternary nitrogens is 2. The van der Waals surface area contributed by atoms with Crippen LogP contribution in [0.1, 0.15) is 11.1 Å². The molecule has 0 saturated heterocycles. The van der Waals surface area contributed by atoms with Gasteiger partial charge in [0.2, 0.25) is 0 Å². The second-order valence-electron chi connectivity index (χ2n) is 8.63. The molecule has 0 saturated carbocycles. The Labute approximate surface area is 171 Å². The standard InChI is InChI=1S/C21H32N2O.2ClH/c1-22(2,3)15-17-8-11-19(12-9-17)20-13-10-18(14-21(20)24-7)16-23(4,5)6;;/h8-14H,15-16H2,1-7H3;2*1H/q+2;;/p-2. The first kappa shape index (κ1) is 24.7. The lowest BCUT2D eigenvalue weighted by Gasteiger charge is -2.24. The molecule has 0 unspecified atom stereocenters. The Balaban J connectivity index is 0.00000312. The molecule has 5 heteroatoms. The van der Waals surface area contributed by atoms with E-state index in [1.54, 1.807) is 7.11 Å². The number of methoxy groups -OCH3 is 1. The molecule has 0 radical (unpaired) electrons. The molecule has 2 aromatic carbocycles. The highest BCUT2D eigenvalue weighted by atomic mass is 35.5. The van der Waals surface area contributed by atoms with Gasteiger partial charge in [-0.3, -0.25) is 0 Å². The van der Waals surface area contributed by atoms with Gasteiger partial charge in [0.05, 0.1) is 49.4 Å². The van der Waals surface area contributed by atoms with Crippen molar-refractivity contribution in [3.63, 3.8) is 0 Å². The summed E-state index contributed by atoms with van der Waals surface area (Å²) in [6.07, 6.45) is 0. The summed E-state index contributed by atoms with van der Waals surface area (Å²) in [4.78, 5) is 0. The van der Waals surface area contributed by atoms with Gasteiger partial charge in [-0.25, -0.2) is 0 Å². The second kappa shape index (κ2) is 9.61. The average Bonchev–Trinajstić information content (AvgIpc) is 2.45. The van der Waals surface area contributed by atoms with E-state index in [0.717, 1.165) is 33.4 Å². The van der Waals surface area contributed by atoms with Gasteiger partial charge in [0.15, 0.2) is 0 Å². The zero-order valence-electron chi connectivity index (χ0n) is 17.0. The highest BCUT2D eigenvalue weighted by Gasteiger charge is 2.13. The molecule has 2 rings (SSSR count). The van der Waals surface area contributed by atoms with Crippen LogP contribution < -0.4 is 29.6 Å². The Hall–Kier alpha value is -1.26. The molecule has 0 heterocycles. The highest BCUT2D eigenvalue weighted by molar-refractivity contribution is 5.71. The average molecular weight is 399 g/mol. The van der Waals surface area contributed by atoms with E-state index in [-0.39, 0.29) is 24.8 Å². The predicted molar refractivity (Wildman–Crippen MR) is 102 cm³/mol. The monoisotopic (exact) mass is 398 g/mol. The van der Waals surface area contributed by atoms with Gasteiger partial charge in [-0.2, -0.15) is 0 Å². The van der Waals surface area contributed by atoms with Crippen LogP contribution in [-0.2, 0) is 13.1 Å². The molecule has 0 atom stereocenters. The van der Waals surface area contributed by atoms with Gasteiger partial charge in [-0.15, -0.1) is 0 Å². The Morgan fingerprint density at radius 3 is 1.62 bits per heavy atom. The van der Waals surface area contributed by atoms with Crippen molar-refractivity contribution in [2.45, 2.75) is 13.1 Å². The van der Waals surface area contributed by atoms with Crippen molar-refractivity contribution in [2.75, 3.05) is 49.4 Å². The summed E-state index contributed by atoms with van der Waals surface area (Å²) in [6.45, 7) is 2.01. The number of ether oxygens (including phenoxy) is 1. The van der Waals surface area contributed by atoms with Gasteiger partial charge >= 0.3 is 0 Å².